The van der Waals surface area contributed by atoms with Crippen molar-refractivity contribution in [1.29, 1.82) is 0 Å². The molecule has 0 fully saturated rings. The van der Waals surface area contributed by atoms with Gasteiger partial charge in [-0.3, -0.25) is 4.90 Å². The van der Waals surface area contributed by atoms with Crippen molar-refractivity contribution in [3.05, 3.63) is 88.1 Å². The van der Waals surface area contributed by atoms with E-state index in [9.17, 15) is 4.39 Å². The van der Waals surface area contributed by atoms with Crippen LogP contribution >= 0.6 is 11.3 Å². The number of aromatic nitrogens is 1. The van der Waals surface area contributed by atoms with E-state index in [2.05, 4.69) is 34.4 Å². The molecule has 1 aromatic heterocycles. The number of halogens is 1. The molecule has 22 heavy (non-hydrogen) atoms. The first-order valence-corrected chi connectivity index (χ1v) is 8.06. The molecule has 1 atom stereocenters. The average molecular weight is 312 g/mol. The standard InChI is InChI=1S/C18H17FN2S/c1-21(11-17-12-22-13-20-17)18(14-5-3-2-4-6-14)15-7-9-16(19)10-8-15/h2-10,12-13,18H,11H2,1H3/t18-/m1/s1. The third kappa shape index (κ3) is 3.40. The summed E-state index contributed by atoms with van der Waals surface area (Å²) in [5.74, 6) is -0.210. The molecule has 0 saturated heterocycles. The van der Waals surface area contributed by atoms with E-state index < -0.39 is 0 Å². The topological polar surface area (TPSA) is 16.1 Å². The largest absolute Gasteiger partial charge is 0.290 e. The highest BCUT2D eigenvalue weighted by Gasteiger charge is 2.19. The summed E-state index contributed by atoms with van der Waals surface area (Å²) in [6.45, 7) is 0.750. The van der Waals surface area contributed by atoms with Crippen molar-refractivity contribution in [1.82, 2.24) is 9.88 Å². The van der Waals surface area contributed by atoms with Gasteiger partial charge in [-0.05, 0) is 30.3 Å². The van der Waals surface area contributed by atoms with E-state index in [1.165, 1.54) is 17.7 Å². The molecule has 0 radical (unpaired) electrons. The molecular weight excluding hydrogens is 295 g/mol. The molecular formula is C18H17FN2S. The Kier molecular flexibility index (Phi) is 4.61. The molecule has 0 saturated carbocycles. The number of benzene rings is 2. The Morgan fingerprint density at radius 3 is 2.36 bits per heavy atom. The Hall–Kier alpha value is -2.04. The van der Waals surface area contributed by atoms with E-state index in [0.717, 1.165) is 17.8 Å². The first kappa shape index (κ1) is 14.9. The molecule has 2 nitrogen and oxygen atoms in total. The third-order valence-corrected chi connectivity index (χ3v) is 4.27. The Bertz CT molecular complexity index is 696. The van der Waals surface area contributed by atoms with Crippen LogP contribution in [0.1, 0.15) is 22.9 Å². The molecule has 2 aromatic carbocycles. The molecule has 112 valence electrons. The van der Waals surface area contributed by atoms with Gasteiger partial charge in [0.15, 0.2) is 0 Å². The van der Waals surface area contributed by atoms with Gasteiger partial charge >= 0.3 is 0 Å². The number of thiazole rings is 1. The summed E-state index contributed by atoms with van der Waals surface area (Å²) in [7, 11) is 2.07. The number of hydrogen-bond acceptors (Lipinski definition) is 3. The van der Waals surface area contributed by atoms with E-state index in [1.807, 2.05) is 35.8 Å². The fourth-order valence-corrected chi connectivity index (χ4v) is 3.19. The third-order valence-electron chi connectivity index (χ3n) is 3.64. The van der Waals surface area contributed by atoms with Gasteiger partial charge in [0, 0.05) is 11.9 Å². The summed E-state index contributed by atoms with van der Waals surface area (Å²) < 4.78 is 13.2. The molecule has 0 aliphatic carbocycles. The van der Waals surface area contributed by atoms with E-state index in [4.69, 9.17) is 0 Å². The molecule has 3 rings (SSSR count). The lowest BCUT2D eigenvalue weighted by atomic mass is 9.97. The Balaban J connectivity index is 1.93. The van der Waals surface area contributed by atoms with Crippen molar-refractivity contribution in [2.45, 2.75) is 12.6 Å². The van der Waals surface area contributed by atoms with Gasteiger partial charge in [0.25, 0.3) is 0 Å². The minimum Gasteiger partial charge on any atom is -0.290 e. The van der Waals surface area contributed by atoms with Gasteiger partial charge in [-0.15, -0.1) is 11.3 Å². The zero-order valence-corrected chi connectivity index (χ0v) is 13.1. The van der Waals surface area contributed by atoms with Crippen molar-refractivity contribution in [2.75, 3.05) is 7.05 Å². The zero-order chi connectivity index (χ0) is 15.4. The van der Waals surface area contributed by atoms with Crippen molar-refractivity contribution < 1.29 is 4.39 Å². The maximum Gasteiger partial charge on any atom is 0.123 e. The van der Waals surface area contributed by atoms with Crippen molar-refractivity contribution in [3.8, 4) is 0 Å². The lowest BCUT2D eigenvalue weighted by Crippen LogP contribution is -2.25. The van der Waals surface area contributed by atoms with Gasteiger partial charge < -0.3 is 0 Å². The number of nitrogens with zero attached hydrogens (tertiary/aromatic N) is 2. The van der Waals surface area contributed by atoms with Gasteiger partial charge in [0.2, 0.25) is 0 Å². The second-order valence-corrected chi connectivity index (χ2v) is 5.98. The second kappa shape index (κ2) is 6.81. The SMILES string of the molecule is CN(Cc1cscn1)[C@H](c1ccccc1)c1ccc(F)cc1. The van der Waals surface area contributed by atoms with Crippen LogP contribution in [0.15, 0.2) is 65.5 Å². The van der Waals surface area contributed by atoms with E-state index in [-0.39, 0.29) is 11.9 Å². The summed E-state index contributed by atoms with van der Waals surface area (Å²) in [5, 5.41) is 2.06. The molecule has 0 unspecified atom stereocenters. The number of rotatable bonds is 5. The van der Waals surface area contributed by atoms with Gasteiger partial charge in [0.1, 0.15) is 5.82 Å². The van der Waals surface area contributed by atoms with Crippen LogP contribution in [0.4, 0.5) is 4.39 Å². The minimum absolute atomic E-state index is 0.0727. The molecule has 1 heterocycles. The van der Waals surface area contributed by atoms with Crippen molar-refractivity contribution in [3.63, 3.8) is 0 Å². The normalized spacial score (nSPS) is 12.5. The maximum atomic E-state index is 13.2. The summed E-state index contributed by atoms with van der Waals surface area (Å²) in [6.07, 6.45) is 0. The van der Waals surface area contributed by atoms with E-state index >= 15 is 0 Å². The predicted molar refractivity (Wildman–Crippen MR) is 88.3 cm³/mol. The Labute approximate surface area is 133 Å². The first-order chi connectivity index (χ1) is 10.7. The fraction of sp³-hybridized carbons (Fsp3) is 0.167. The number of hydrogen-bond donors (Lipinski definition) is 0. The maximum absolute atomic E-state index is 13.2. The summed E-state index contributed by atoms with van der Waals surface area (Å²) in [6, 6.07) is 17.1. The minimum atomic E-state index is -0.210. The fourth-order valence-electron chi connectivity index (χ4n) is 2.64. The average Bonchev–Trinajstić information content (AvgIpc) is 3.03. The lowest BCUT2D eigenvalue weighted by molar-refractivity contribution is 0.267. The van der Waals surface area contributed by atoms with Crippen LogP contribution in [0.3, 0.4) is 0 Å². The van der Waals surface area contributed by atoms with Crippen LogP contribution in [0.5, 0.6) is 0 Å². The van der Waals surface area contributed by atoms with Crippen LogP contribution in [0.2, 0.25) is 0 Å². The second-order valence-electron chi connectivity index (χ2n) is 5.26. The molecule has 0 spiro atoms. The predicted octanol–water partition coefficient (Wildman–Crippen LogP) is 4.50. The highest BCUT2D eigenvalue weighted by molar-refractivity contribution is 7.07. The summed E-state index contributed by atoms with van der Waals surface area (Å²) in [5.41, 5.74) is 5.16. The molecule has 0 aliphatic heterocycles. The van der Waals surface area contributed by atoms with Crippen LogP contribution in [-0.4, -0.2) is 16.9 Å². The zero-order valence-electron chi connectivity index (χ0n) is 12.3. The van der Waals surface area contributed by atoms with E-state index in [0.29, 0.717) is 0 Å². The molecule has 0 bridgehead atoms. The molecule has 0 amide bonds. The molecule has 4 heteroatoms. The molecule has 0 aliphatic rings. The monoisotopic (exact) mass is 312 g/mol. The quantitative estimate of drug-likeness (QED) is 0.689. The van der Waals surface area contributed by atoms with Crippen LogP contribution in [0.25, 0.3) is 0 Å². The van der Waals surface area contributed by atoms with Gasteiger partial charge in [-0.2, -0.15) is 0 Å². The van der Waals surface area contributed by atoms with E-state index in [1.54, 1.807) is 11.3 Å². The summed E-state index contributed by atoms with van der Waals surface area (Å²) in [4.78, 5) is 6.59. The first-order valence-electron chi connectivity index (χ1n) is 7.12. The van der Waals surface area contributed by atoms with Crippen LogP contribution in [0, 0.1) is 5.82 Å². The van der Waals surface area contributed by atoms with Crippen molar-refractivity contribution in [2.24, 2.45) is 0 Å². The Morgan fingerprint density at radius 1 is 1.05 bits per heavy atom. The van der Waals surface area contributed by atoms with Crippen molar-refractivity contribution >= 4 is 11.3 Å². The van der Waals surface area contributed by atoms with Gasteiger partial charge in [0.05, 0.1) is 17.2 Å². The lowest BCUT2D eigenvalue weighted by Gasteiger charge is -2.28. The molecule has 3 aromatic rings. The van der Waals surface area contributed by atoms with Crippen LogP contribution < -0.4 is 0 Å². The Morgan fingerprint density at radius 2 is 1.73 bits per heavy atom. The molecule has 0 N–H and O–H groups in total. The smallest absolute Gasteiger partial charge is 0.123 e. The highest BCUT2D eigenvalue weighted by atomic mass is 32.1. The van der Waals surface area contributed by atoms with Crippen LogP contribution in [-0.2, 0) is 6.54 Å². The summed E-state index contributed by atoms with van der Waals surface area (Å²) >= 11 is 1.60. The highest BCUT2D eigenvalue weighted by Crippen LogP contribution is 2.28. The van der Waals surface area contributed by atoms with Gasteiger partial charge in [-0.25, -0.2) is 9.37 Å². The van der Waals surface area contributed by atoms with Gasteiger partial charge in [-0.1, -0.05) is 42.5 Å².